The highest BCUT2D eigenvalue weighted by molar-refractivity contribution is 5.74. The Hall–Kier alpha value is -0.730. The Labute approximate surface area is 87.2 Å². The first kappa shape index (κ1) is 11.3. The van der Waals surface area contributed by atoms with Crippen LogP contribution in [0.2, 0.25) is 0 Å². The Morgan fingerprint density at radius 3 is 2.64 bits per heavy atom. The van der Waals surface area contributed by atoms with Crippen LogP contribution in [0, 0.1) is 23.2 Å². The Morgan fingerprint density at radius 1 is 1.50 bits per heavy atom. The number of piperidine rings is 1. The van der Waals surface area contributed by atoms with Gasteiger partial charge in [0.1, 0.15) is 0 Å². The second kappa shape index (κ2) is 4.20. The van der Waals surface area contributed by atoms with Crippen LogP contribution in [0.15, 0.2) is 0 Å². The molecule has 0 aromatic carbocycles. The highest BCUT2D eigenvalue weighted by Gasteiger charge is 2.25. The van der Waals surface area contributed by atoms with Gasteiger partial charge in [0.25, 0.3) is 0 Å². The van der Waals surface area contributed by atoms with Crippen LogP contribution in [0.5, 0.6) is 0 Å². The predicted octanol–water partition coefficient (Wildman–Crippen LogP) is 1.84. The zero-order valence-corrected chi connectivity index (χ0v) is 9.51. The second-order valence-corrected chi connectivity index (χ2v) is 5.27. The van der Waals surface area contributed by atoms with Crippen molar-refractivity contribution in [1.82, 2.24) is 4.90 Å². The van der Waals surface area contributed by atoms with E-state index in [2.05, 4.69) is 27.2 Å². The van der Waals surface area contributed by atoms with E-state index in [1.807, 2.05) is 4.90 Å². The highest BCUT2D eigenvalue weighted by Crippen LogP contribution is 2.28. The lowest BCUT2D eigenvalue weighted by atomic mass is 9.81. The largest absolute Gasteiger partial charge is 0.370 e. The van der Waals surface area contributed by atoms with E-state index in [0.717, 1.165) is 19.5 Å². The first-order valence-electron chi connectivity index (χ1n) is 5.33. The maximum atomic E-state index is 7.40. The Morgan fingerprint density at radius 2 is 2.14 bits per heavy atom. The van der Waals surface area contributed by atoms with Gasteiger partial charge in [-0.05, 0) is 30.6 Å². The van der Waals surface area contributed by atoms with Gasteiger partial charge < -0.3 is 10.6 Å². The van der Waals surface area contributed by atoms with Crippen LogP contribution in [-0.2, 0) is 0 Å². The summed E-state index contributed by atoms with van der Waals surface area (Å²) in [6.07, 6.45) is 4.78. The summed E-state index contributed by atoms with van der Waals surface area (Å²) in [5.41, 5.74) is 5.76. The minimum Gasteiger partial charge on any atom is -0.370 e. The van der Waals surface area contributed by atoms with Gasteiger partial charge in [-0.3, -0.25) is 5.41 Å². The van der Waals surface area contributed by atoms with E-state index < -0.39 is 0 Å². The van der Waals surface area contributed by atoms with Crippen molar-refractivity contribution in [3.63, 3.8) is 0 Å². The molecular weight excluding hydrogens is 174 g/mol. The predicted molar refractivity (Wildman–Crippen MR) is 60.0 cm³/mol. The molecule has 0 aromatic rings. The maximum Gasteiger partial charge on any atom is 0.188 e. The highest BCUT2D eigenvalue weighted by atomic mass is 15.2. The minimum atomic E-state index is 0.219. The summed E-state index contributed by atoms with van der Waals surface area (Å²) < 4.78 is 0. The van der Waals surface area contributed by atoms with Gasteiger partial charge in [0.05, 0.1) is 0 Å². The number of nitrogens with two attached hydrogens (primary N) is 1. The Bertz CT molecular complexity index is 205. The molecule has 1 atom stereocenters. The summed E-state index contributed by atoms with van der Waals surface area (Å²) in [7, 11) is 0. The van der Waals surface area contributed by atoms with Crippen LogP contribution in [0.1, 0.15) is 33.6 Å². The van der Waals surface area contributed by atoms with Crippen LogP contribution in [0.3, 0.4) is 0 Å². The molecule has 1 rings (SSSR count). The van der Waals surface area contributed by atoms with Gasteiger partial charge in [-0.1, -0.05) is 20.8 Å². The van der Waals surface area contributed by atoms with Gasteiger partial charge in [-0.2, -0.15) is 0 Å². The van der Waals surface area contributed by atoms with Crippen LogP contribution < -0.4 is 5.73 Å². The molecule has 0 aromatic heterocycles. The maximum absolute atomic E-state index is 7.40. The molecule has 3 N–H and O–H groups in total. The van der Waals surface area contributed by atoms with E-state index in [4.69, 9.17) is 11.1 Å². The van der Waals surface area contributed by atoms with E-state index >= 15 is 0 Å². The van der Waals surface area contributed by atoms with Crippen molar-refractivity contribution >= 4 is 5.96 Å². The molecule has 1 radical (unpaired) electrons. The third kappa shape index (κ3) is 3.56. The number of rotatable bonds is 1. The van der Waals surface area contributed by atoms with Gasteiger partial charge in [0.2, 0.25) is 0 Å². The molecule has 1 heterocycles. The summed E-state index contributed by atoms with van der Waals surface area (Å²) in [4.78, 5) is 1.97. The lowest BCUT2D eigenvalue weighted by Gasteiger charge is -2.35. The topological polar surface area (TPSA) is 53.1 Å². The van der Waals surface area contributed by atoms with E-state index in [9.17, 15) is 0 Å². The monoisotopic (exact) mass is 196 g/mol. The molecule has 1 aliphatic heterocycles. The fraction of sp³-hybridized carbons (Fsp3) is 0.818. The number of nitrogens with one attached hydrogen (secondary N) is 1. The van der Waals surface area contributed by atoms with Crippen LogP contribution in [-0.4, -0.2) is 23.9 Å². The molecule has 81 valence electrons. The summed E-state index contributed by atoms with van der Waals surface area (Å²) in [5, 5.41) is 7.40. The van der Waals surface area contributed by atoms with E-state index in [1.54, 1.807) is 0 Å². The fourth-order valence-electron chi connectivity index (χ4n) is 2.07. The minimum absolute atomic E-state index is 0.219. The summed E-state index contributed by atoms with van der Waals surface area (Å²) >= 11 is 0. The van der Waals surface area contributed by atoms with Gasteiger partial charge >= 0.3 is 0 Å². The van der Waals surface area contributed by atoms with Gasteiger partial charge in [0, 0.05) is 13.1 Å². The third-order valence-electron chi connectivity index (χ3n) is 2.53. The average Bonchev–Trinajstić information content (AvgIpc) is 2.01. The van der Waals surface area contributed by atoms with Crippen LogP contribution >= 0.6 is 0 Å². The molecule has 1 aliphatic rings. The number of nitrogens with zero attached hydrogens (tertiary/aromatic N) is 1. The standard InChI is InChI=1S/C11H22N3/c1-11(2,3)7-9-5-4-6-14(8-9)10(12)13/h7,9H,4-6,8H2,1-3H3,(H3,12,13). The van der Waals surface area contributed by atoms with Crippen molar-refractivity contribution in [2.75, 3.05) is 13.1 Å². The summed E-state index contributed by atoms with van der Waals surface area (Å²) in [5.74, 6) is 0.810. The van der Waals surface area contributed by atoms with Crippen LogP contribution in [0.4, 0.5) is 0 Å². The van der Waals surface area contributed by atoms with Gasteiger partial charge in [-0.25, -0.2) is 0 Å². The zero-order chi connectivity index (χ0) is 10.8. The Balaban J connectivity index is 2.44. The molecule has 1 unspecified atom stereocenters. The SMILES string of the molecule is CC(C)(C)[CH]C1CCCN(C(=N)N)C1. The van der Waals surface area contributed by atoms with Crippen molar-refractivity contribution in [3.8, 4) is 0 Å². The number of likely N-dealkylation sites (tertiary alicyclic amines) is 1. The average molecular weight is 196 g/mol. The molecular formula is C11H22N3. The zero-order valence-electron chi connectivity index (χ0n) is 9.51. The van der Waals surface area contributed by atoms with Crippen molar-refractivity contribution in [1.29, 1.82) is 5.41 Å². The molecule has 3 heteroatoms. The molecule has 0 aliphatic carbocycles. The fourth-order valence-corrected chi connectivity index (χ4v) is 2.07. The quantitative estimate of drug-likeness (QED) is 0.496. The van der Waals surface area contributed by atoms with E-state index in [0.29, 0.717) is 5.92 Å². The van der Waals surface area contributed by atoms with Crippen molar-refractivity contribution in [3.05, 3.63) is 6.42 Å². The molecule has 14 heavy (non-hydrogen) atoms. The molecule has 0 saturated carbocycles. The van der Waals surface area contributed by atoms with E-state index in [-0.39, 0.29) is 11.4 Å². The molecule has 0 bridgehead atoms. The Kier molecular flexibility index (Phi) is 3.40. The van der Waals surface area contributed by atoms with E-state index in [1.165, 1.54) is 6.42 Å². The second-order valence-electron chi connectivity index (χ2n) is 5.27. The molecule has 0 spiro atoms. The summed E-state index contributed by atoms with van der Waals surface area (Å²) in [6.45, 7) is 8.54. The van der Waals surface area contributed by atoms with Crippen molar-refractivity contribution in [2.45, 2.75) is 33.6 Å². The number of guanidine groups is 1. The van der Waals surface area contributed by atoms with Crippen molar-refractivity contribution < 1.29 is 0 Å². The van der Waals surface area contributed by atoms with Crippen molar-refractivity contribution in [2.24, 2.45) is 17.1 Å². The molecule has 0 amide bonds. The third-order valence-corrected chi connectivity index (χ3v) is 2.53. The number of hydrogen-bond acceptors (Lipinski definition) is 1. The summed E-state index contributed by atoms with van der Waals surface area (Å²) in [6, 6.07) is 0. The smallest absolute Gasteiger partial charge is 0.188 e. The molecule has 1 fully saturated rings. The molecule has 3 nitrogen and oxygen atoms in total. The van der Waals surface area contributed by atoms with Crippen LogP contribution in [0.25, 0.3) is 0 Å². The first-order valence-corrected chi connectivity index (χ1v) is 5.33. The van der Waals surface area contributed by atoms with Gasteiger partial charge in [0.15, 0.2) is 5.96 Å². The lowest BCUT2D eigenvalue weighted by molar-refractivity contribution is 0.251. The first-order chi connectivity index (χ1) is 6.38. The number of hydrogen-bond donors (Lipinski definition) is 2. The van der Waals surface area contributed by atoms with Gasteiger partial charge in [-0.15, -0.1) is 0 Å². The lowest BCUT2D eigenvalue weighted by Crippen LogP contribution is -2.44. The normalized spacial score (nSPS) is 23.6. The molecule has 1 saturated heterocycles.